The Kier molecular flexibility index (Phi) is 4.23. The van der Waals surface area contributed by atoms with Crippen molar-refractivity contribution >= 4 is 23.4 Å². The molecule has 2 amide bonds. The molecular formula is C16H16N2O3. The summed E-state index contributed by atoms with van der Waals surface area (Å²) >= 11 is 0. The van der Waals surface area contributed by atoms with Crippen molar-refractivity contribution in [2.45, 2.75) is 13.8 Å². The SMILES string of the molecule is Cc1ccc(NC(=O)Nc2c(C)cccc2C(=O)O)cc1. The van der Waals surface area contributed by atoms with Crippen molar-refractivity contribution in [3.05, 3.63) is 59.2 Å². The molecule has 3 N–H and O–H groups in total. The minimum absolute atomic E-state index is 0.0639. The number of urea groups is 1. The Hall–Kier alpha value is -2.82. The van der Waals surface area contributed by atoms with E-state index in [4.69, 9.17) is 5.11 Å². The minimum Gasteiger partial charge on any atom is -0.478 e. The number of para-hydroxylation sites is 1. The summed E-state index contributed by atoms with van der Waals surface area (Å²) in [6.45, 7) is 3.70. The Morgan fingerprint density at radius 3 is 2.24 bits per heavy atom. The maximum Gasteiger partial charge on any atom is 0.337 e. The van der Waals surface area contributed by atoms with Crippen LogP contribution in [0.4, 0.5) is 16.2 Å². The quantitative estimate of drug-likeness (QED) is 0.805. The van der Waals surface area contributed by atoms with Crippen LogP contribution in [0.2, 0.25) is 0 Å². The zero-order valence-corrected chi connectivity index (χ0v) is 11.8. The highest BCUT2D eigenvalue weighted by Gasteiger charge is 2.14. The van der Waals surface area contributed by atoms with Crippen LogP contribution in [0.3, 0.4) is 0 Å². The van der Waals surface area contributed by atoms with Gasteiger partial charge in [0.05, 0.1) is 11.3 Å². The van der Waals surface area contributed by atoms with Crippen LogP contribution in [-0.2, 0) is 0 Å². The fraction of sp³-hybridized carbons (Fsp3) is 0.125. The second-order valence-electron chi connectivity index (χ2n) is 4.75. The summed E-state index contributed by atoms with van der Waals surface area (Å²) in [4.78, 5) is 23.2. The summed E-state index contributed by atoms with van der Waals surface area (Å²) in [7, 11) is 0. The number of aryl methyl sites for hydroxylation is 2. The van der Waals surface area contributed by atoms with E-state index >= 15 is 0 Å². The summed E-state index contributed by atoms with van der Waals surface area (Å²) in [6.07, 6.45) is 0. The number of hydrogen-bond donors (Lipinski definition) is 3. The molecule has 2 aromatic rings. The van der Waals surface area contributed by atoms with E-state index in [1.807, 2.05) is 19.1 Å². The molecule has 5 nitrogen and oxygen atoms in total. The average Bonchev–Trinajstić information content (AvgIpc) is 2.43. The number of carbonyl (C=O) groups excluding carboxylic acids is 1. The molecule has 2 rings (SSSR count). The van der Waals surface area contributed by atoms with Gasteiger partial charge in [0.15, 0.2) is 0 Å². The third kappa shape index (κ3) is 3.60. The topological polar surface area (TPSA) is 78.4 Å². The lowest BCUT2D eigenvalue weighted by atomic mass is 10.1. The van der Waals surface area contributed by atoms with Crippen LogP contribution in [0.1, 0.15) is 21.5 Å². The van der Waals surface area contributed by atoms with Crippen molar-refractivity contribution in [2.24, 2.45) is 0 Å². The van der Waals surface area contributed by atoms with E-state index in [-0.39, 0.29) is 5.56 Å². The minimum atomic E-state index is -1.08. The summed E-state index contributed by atoms with van der Waals surface area (Å²) < 4.78 is 0. The first kappa shape index (κ1) is 14.6. The van der Waals surface area contributed by atoms with Gasteiger partial charge >= 0.3 is 12.0 Å². The van der Waals surface area contributed by atoms with Crippen LogP contribution in [0.5, 0.6) is 0 Å². The molecule has 108 valence electrons. The Morgan fingerprint density at radius 1 is 0.952 bits per heavy atom. The van der Waals surface area contributed by atoms with Gasteiger partial charge in [-0.25, -0.2) is 9.59 Å². The highest BCUT2D eigenvalue weighted by molar-refractivity contribution is 6.05. The molecule has 2 aromatic carbocycles. The van der Waals surface area contributed by atoms with E-state index in [0.717, 1.165) is 5.56 Å². The van der Waals surface area contributed by atoms with Crippen LogP contribution < -0.4 is 10.6 Å². The molecule has 0 atom stereocenters. The van der Waals surface area contributed by atoms with Gasteiger partial charge in [-0.3, -0.25) is 0 Å². The van der Waals surface area contributed by atoms with Gasteiger partial charge in [0.2, 0.25) is 0 Å². The monoisotopic (exact) mass is 284 g/mol. The van der Waals surface area contributed by atoms with Gasteiger partial charge in [0.25, 0.3) is 0 Å². The third-order valence-corrected chi connectivity index (χ3v) is 3.05. The van der Waals surface area contributed by atoms with Crippen LogP contribution in [0.15, 0.2) is 42.5 Å². The number of nitrogens with one attached hydrogen (secondary N) is 2. The van der Waals surface area contributed by atoms with Gasteiger partial charge < -0.3 is 15.7 Å². The first-order valence-corrected chi connectivity index (χ1v) is 6.45. The Bertz CT molecular complexity index is 678. The molecule has 0 spiro atoms. The zero-order chi connectivity index (χ0) is 15.4. The van der Waals surface area contributed by atoms with E-state index in [0.29, 0.717) is 16.9 Å². The highest BCUT2D eigenvalue weighted by atomic mass is 16.4. The average molecular weight is 284 g/mol. The maximum atomic E-state index is 12.0. The zero-order valence-electron chi connectivity index (χ0n) is 11.8. The van der Waals surface area contributed by atoms with E-state index in [2.05, 4.69) is 10.6 Å². The number of amides is 2. The van der Waals surface area contributed by atoms with Crippen molar-refractivity contribution in [2.75, 3.05) is 10.6 Å². The summed E-state index contributed by atoms with van der Waals surface area (Å²) in [5, 5.41) is 14.4. The molecule has 0 fully saturated rings. The fourth-order valence-electron chi connectivity index (χ4n) is 1.92. The second-order valence-corrected chi connectivity index (χ2v) is 4.75. The highest BCUT2D eigenvalue weighted by Crippen LogP contribution is 2.21. The van der Waals surface area contributed by atoms with Gasteiger partial charge in [-0.05, 0) is 37.6 Å². The largest absolute Gasteiger partial charge is 0.478 e. The molecule has 0 unspecified atom stereocenters. The van der Waals surface area contributed by atoms with E-state index < -0.39 is 12.0 Å². The Balaban J connectivity index is 2.16. The summed E-state index contributed by atoms with van der Waals surface area (Å²) in [5.41, 5.74) is 2.79. The summed E-state index contributed by atoms with van der Waals surface area (Å²) in [5.74, 6) is -1.08. The number of rotatable bonds is 3. The fourth-order valence-corrected chi connectivity index (χ4v) is 1.92. The third-order valence-electron chi connectivity index (χ3n) is 3.05. The van der Waals surface area contributed by atoms with Crippen molar-refractivity contribution in [1.82, 2.24) is 0 Å². The number of carboxylic acids is 1. The first-order chi connectivity index (χ1) is 9.97. The molecule has 0 radical (unpaired) electrons. The lowest BCUT2D eigenvalue weighted by molar-refractivity contribution is 0.0698. The number of anilines is 2. The Morgan fingerprint density at radius 2 is 1.62 bits per heavy atom. The molecular weight excluding hydrogens is 268 g/mol. The smallest absolute Gasteiger partial charge is 0.337 e. The van der Waals surface area contributed by atoms with Crippen molar-refractivity contribution in [1.29, 1.82) is 0 Å². The van der Waals surface area contributed by atoms with Crippen LogP contribution >= 0.6 is 0 Å². The number of carbonyl (C=O) groups is 2. The van der Waals surface area contributed by atoms with Gasteiger partial charge in [-0.15, -0.1) is 0 Å². The maximum absolute atomic E-state index is 12.0. The predicted octanol–water partition coefficient (Wildman–Crippen LogP) is 3.65. The molecule has 0 aliphatic carbocycles. The second kappa shape index (κ2) is 6.09. The lowest BCUT2D eigenvalue weighted by Gasteiger charge is -2.12. The molecule has 0 aliphatic heterocycles. The molecule has 0 aliphatic rings. The number of benzene rings is 2. The predicted molar refractivity (Wildman–Crippen MR) is 82.0 cm³/mol. The van der Waals surface area contributed by atoms with Gasteiger partial charge in [0, 0.05) is 5.69 Å². The van der Waals surface area contributed by atoms with E-state index in [1.54, 1.807) is 31.2 Å². The summed E-state index contributed by atoms with van der Waals surface area (Å²) in [6, 6.07) is 11.7. The van der Waals surface area contributed by atoms with Crippen molar-refractivity contribution in [3.8, 4) is 0 Å². The number of aromatic carboxylic acids is 1. The molecule has 0 saturated heterocycles. The first-order valence-electron chi connectivity index (χ1n) is 6.45. The molecule has 0 heterocycles. The number of hydrogen-bond acceptors (Lipinski definition) is 2. The van der Waals surface area contributed by atoms with Crippen molar-refractivity contribution < 1.29 is 14.7 Å². The lowest BCUT2D eigenvalue weighted by Crippen LogP contribution is -2.21. The molecule has 21 heavy (non-hydrogen) atoms. The molecule has 5 heteroatoms. The molecule has 0 aromatic heterocycles. The Labute approximate surface area is 122 Å². The normalized spacial score (nSPS) is 10.0. The van der Waals surface area contributed by atoms with E-state index in [9.17, 15) is 9.59 Å². The van der Waals surface area contributed by atoms with Gasteiger partial charge in [-0.1, -0.05) is 29.8 Å². The van der Waals surface area contributed by atoms with Crippen molar-refractivity contribution in [3.63, 3.8) is 0 Å². The molecule has 0 bridgehead atoms. The van der Waals surface area contributed by atoms with Crippen LogP contribution in [0.25, 0.3) is 0 Å². The van der Waals surface area contributed by atoms with E-state index in [1.165, 1.54) is 6.07 Å². The van der Waals surface area contributed by atoms with Gasteiger partial charge in [-0.2, -0.15) is 0 Å². The van der Waals surface area contributed by atoms with Crippen LogP contribution in [0, 0.1) is 13.8 Å². The standard InChI is InChI=1S/C16H16N2O3/c1-10-6-8-12(9-7-10)17-16(21)18-14-11(2)4-3-5-13(14)15(19)20/h3-9H,1-2H3,(H,19,20)(H2,17,18,21). The number of carboxylic acid groups (broad SMARTS) is 1. The molecule has 0 saturated carbocycles. The van der Waals surface area contributed by atoms with Gasteiger partial charge in [0.1, 0.15) is 0 Å². The van der Waals surface area contributed by atoms with Crippen LogP contribution in [-0.4, -0.2) is 17.1 Å².